The zero-order valence-corrected chi connectivity index (χ0v) is 19.7. The lowest BCUT2D eigenvalue weighted by atomic mass is 9.85. The van der Waals surface area contributed by atoms with Crippen molar-refractivity contribution in [2.75, 3.05) is 0 Å². The predicted octanol–water partition coefficient (Wildman–Crippen LogP) is 5.40. The predicted molar refractivity (Wildman–Crippen MR) is 124 cm³/mol. The quantitative estimate of drug-likeness (QED) is 0.340. The summed E-state index contributed by atoms with van der Waals surface area (Å²) in [5, 5.41) is 20.8. The molecule has 0 heterocycles. The van der Waals surface area contributed by atoms with Gasteiger partial charge in [0, 0.05) is 5.56 Å². The van der Waals surface area contributed by atoms with Crippen LogP contribution in [0.4, 0.5) is 0 Å². The normalized spacial score (nSPS) is 12.2. The van der Waals surface area contributed by atoms with E-state index in [2.05, 4.69) is 0 Å². The fraction of sp³-hybridized carbons (Fsp3) is 0.385. The number of allylic oxidation sites excluding steroid dienone is 1. The zero-order chi connectivity index (χ0) is 24.3. The Morgan fingerprint density at radius 3 is 2.19 bits per heavy atom. The highest BCUT2D eigenvalue weighted by Gasteiger charge is 2.34. The second kappa shape index (κ2) is 9.47. The molecule has 2 N–H and O–H groups in total. The Morgan fingerprint density at radius 1 is 1.00 bits per heavy atom. The van der Waals surface area contributed by atoms with Gasteiger partial charge in [0.15, 0.2) is 22.9 Å². The van der Waals surface area contributed by atoms with Crippen molar-refractivity contribution in [1.29, 1.82) is 0 Å². The van der Waals surface area contributed by atoms with Crippen molar-refractivity contribution in [3.63, 3.8) is 0 Å². The van der Waals surface area contributed by atoms with Crippen molar-refractivity contribution in [2.24, 2.45) is 0 Å². The highest BCUT2D eigenvalue weighted by molar-refractivity contribution is 6.08. The van der Waals surface area contributed by atoms with Gasteiger partial charge in [0.25, 0.3) is 0 Å². The van der Waals surface area contributed by atoms with Crippen LogP contribution in [0.5, 0.6) is 17.2 Å². The van der Waals surface area contributed by atoms with Crippen LogP contribution in [0.2, 0.25) is 0 Å². The molecule has 32 heavy (non-hydrogen) atoms. The minimum atomic E-state index is -1.34. The van der Waals surface area contributed by atoms with Gasteiger partial charge in [-0.2, -0.15) is 0 Å². The Bertz CT molecular complexity index is 1030. The maximum atomic E-state index is 12.5. The summed E-state index contributed by atoms with van der Waals surface area (Å²) in [6, 6.07) is 9.62. The number of carbonyl (C=O) groups excluding carboxylic acids is 2. The van der Waals surface area contributed by atoms with Crippen LogP contribution in [0.3, 0.4) is 0 Å². The first-order valence-electron chi connectivity index (χ1n) is 10.5. The van der Waals surface area contributed by atoms with Crippen molar-refractivity contribution >= 4 is 17.8 Å². The molecule has 0 amide bonds. The third-order valence-corrected chi connectivity index (χ3v) is 4.70. The summed E-state index contributed by atoms with van der Waals surface area (Å²) in [4.78, 5) is 25.0. The van der Waals surface area contributed by atoms with E-state index in [1.807, 2.05) is 20.8 Å². The molecule has 0 saturated carbocycles. The molecule has 0 aliphatic carbocycles. The molecule has 0 saturated heterocycles. The van der Waals surface area contributed by atoms with Gasteiger partial charge in [-0.15, -0.1) is 0 Å². The van der Waals surface area contributed by atoms with Crippen molar-refractivity contribution in [3.8, 4) is 17.2 Å². The second-order valence-corrected chi connectivity index (χ2v) is 9.45. The molecule has 6 heteroatoms. The Labute approximate surface area is 189 Å². The number of phenols is 2. The van der Waals surface area contributed by atoms with E-state index in [0.717, 1.165) is 0 Å². The monoisotopic (exact) mass is 440 g/mol. The van der Waals surface area contributed by atoms with Crippen LogP contribution in [0.15, 0.2) is 42.5 Å². The second-order valence-electron chi connectivity index (χ2n) is 9.45. The number of ether oxygens (including phenoxy) is 2. The van der Waals surface area contributed by atoms with E-state index in [1.165, 1.54) is 18.2 Å². The molecule has 0 fully saturated rings. The average Bonchev–Trinajstić information content (AvgIpc) is 2.66. The number of para-hydroxylation sites is 1. The van der Waals surface area contributed by atoms with Gasteiger partial charge in [0.2, 0.25) is 0 Å². The summed E-state index contributed by atoms with van der Waals surface area (Å²) in [5.74, 6) is -0.987. The Kier molecular flexibility index (Phi) is 7.39. The number of rotatable bonds is 7. The average molecular weight is 441 g/mol. The molecule has 0 unspecified atom stereocenters. The first-order chi connectivity index (χ1) is 14.7. The molecule has 2 aromatic carbocycles. The number of esters is 1. The molecule has 0 bridgehead atoms. The fourth-order valence-corrected chi connectivity index (χ4v) is 2.99. The minimum absolute atomic E-state index is 0.0768. The molecular formula is C26H32O6. The van der Waals surface area contributed by atoms with Crippen molar-refractivity contribution in [3.05, 3.63) is 59.2 Å². The van der Waals surface area contributed by atoms with E-state index in [4.69, 9.17) is 9.47 Å². The summed E-state index contributed by atoms with van der Waals surface area (Å²) in [6.45, 7) is 12.4. The van der Waals surface area contributed by atoms with Crippen LogP contribution in [0.25, 0.3) is 6.08 Å². The molecule has 2 aromatic rings. The molecule has 6 nitrogen and oxygen atoms in total. The summed E-state index contributed by atoms with van der Waals surface area (Å²) in [6.07, 6.45) is 2.62. The van der Waals surface area contributed by atoms with Crippen LogP contribution in [-0.4, -0.2) is 33.7 Å². The topological polar surface area (TPSA) is 93.1 Å². The number of phenolic OH excluding ortho intramolecular Hbond substituents is 2. The highest BCUT2D eigenvalue weighted by atomic mass is 16.6. The standard InChI is InChI=1S/C26H32O6/c1-16(2)31-24(30)26(6,7)32-22-15-17(14-19(23(22)29)25(3,4)5)12-13-21(28)18-10-8-9-11-20(18)27/h8-16,27,29H,1-7H3/b13-12+. The van der Waals surface area contributed by atoms with Gasteiger partial charge < -0.3 is 19.7 Å². The van der Waals surface area contributed by atoms with Gasteiger partial charge in [-0.25, -0.2) is 4.79 Å². The highest BCUT2D eigenvalue weighted by Crippen LogP contribution is 2.40. The molecule has 0 aliphatic rings. The molecule has 0 aromatic heterocycles. The van der Waals surface area contributed by atoms with Crippen molar-refractivity contribution in [1.82, 2.24) is 0 Å². The molecule has 172 valence electrons. The molecule has 0 spiro atoms. The lowest BCUT2D eigenvalue weighted by Crippen LogP contribution is -2.41. The zero-order valence-electron chi connectivity index (χ0n) is 19.7. The van der Waals surface area contributed by atoms with Gasteiger partial charge in [0.05, 0.1) is 11.7 Å². The number of carbonyl (C=O) groups is 2. The number of ketones is 1. The summed E-state index contributed by atoms with van der Waals surface area (Å²) < 4.78 is 11.2. The first kappa shape index (κ1) is 25.0. The van der Waals surface area contributed by atoms with Crippen LogP contribution in [0.1, 0.15) is 70.0 Å². The molecule has 0 atom stereocenters. The number of hydrogen-bond donors (Lipinski definition) is 2. The summed E-state index contributed by atoms with van der Waals surface area (Å²) in [7, 11) is 0. The van der Waals surface area contributed by atoms with E-state index < -0.39 is 17.0 Å². The lowest BCUT2D eigenvalue weighted by molar-refractivity contribution is -0.163. The molecule has 0 aliphatic heterocycles. The van der Waals surface area contributed by atoms with Crippen LogP contribution in [-0.2, 0) is 14.9 Å². The van der Waals surface area contributed by atoms with Gasteiger partial charge in [-0.1, -0.05) is 39.0 Å². The van der Waals surface area contributed by atoms with Crippen LogP contribution in [0, 0.1) is 0 Å². The van der Waals surface area contributed by atoms with Crippen LogP contribution < -0.4 is 4.74 Å². The third-order valence-electron chi connectivity index (χ3n) is 4.70. The van der Waals surface area contributed by atoms with Gasteiger partial charge in [0.1, 0.15) is 5.75 Å². The number of benzene rings is 2. The lowest BCUT2D eigenvalue weighted by Gasteiger charge is -2.28. The van der Waals surface area contributed by atoms with Crippen molar-refractivity contribution < 1.29 is 29.3 Å². The maximum absolute atomic E-state index is 12.5. The molecular weight excluding hydrogens is 408 g/mol. The van der Waals surface area contributed by atoms with Crippen LogP contribution >= 0.6 is 0 Å². The van der Waals surface area contributed by atoms with E-state index in [-0.39, 0.29) is 34.7 Å². The number of aromatic hydroxyl groups is 2. The summed E-state index contributed by atoms with van der Waals surface area (Å²) >= 11 is 0. The maximum Gasteiger partial charge on any atom is 0.350 e. The van der Waals surface area contributed by atoms with E-state index >= 15 is 0 Å². The Hall–Kier alpha value is -3.28. The SMILES string of the molecule is CC(C)OC(=O)C(C)(C)Oc1cc(/C=C/C(=O)c2ccccc2O)cc(C(C)(C)C)c1O. The van der Waals surface area contributed by atoms with E-state index in [9.17, 15) is 19.8 Å². The Morgan fingerprint density at radius 2 is 1.62 bits per heavy atom. The van der Waals surface area contributed by atoms with Gasteiger partial charge in [-0.05, 0) is 69.0 Å². The molecule has 2 rings (SSSR count). The van der Waals surface area contributed by atoms with Gasteiger partial charge in [-0.3, -0.25) is 4.79 Å². The van der Waals surface area contributed by atoms with Crippen molar-refractivity contribution in [2.45, 2.75) is 65.6 Å². The first-order valence-corrected chi connectivity index (χ1v) is 10.5. The number of hydrogen-bond acceptors (Lipinski definition) is 6. The Balaban J connectivity index is 2.46. The largest absolute Gasteiger partial charge is 0.507 e. The minimum Gasteiger partial charge on any atom is -0.507 e. The smallest absolute Gasteiger partial charge is 0.350 e. The van der Waals surface area contributed by atoms with E-state index in [0.29, 0.717) is 11.1 Å². The fourth-order valence-electron chi connectivity index (χ4n) is 2.99. The van der Waals surface area contributed by atoms with Gasteiger partial charge >= 0.3 is 5.97 Å². The summed E-state index contributed by atoms with van der Waals surface area (Å²) in [5.41, 5.74) is -0.397. The third kappa shape index (κ3) is 6.13. The van der Waals surface area contributed by atoms with E-state index in [1.54, 1.807) is 58.0 Å². The molecule has 0 radical (unpaired) electrons.